The normalized spacial score (nSPS) is 20.8. The van der Waals surface area contributed by atoms with Crippen LogP contribution in [-0.2, 0) is 10.0 Å². The number of carbonyl (C=O) groups excluding carboxylic acids is 1. The van der Waals surface area contributed by atoms with Crippen molar-refractivity contribution in [1.29, 1.82) is 0 Å². The van der Waals surface area contributed by atoms with Crippen molar-refractivity contribution in [2.75, 3.05) is 19.1 Å². The van der Waals surface area contributed by atoms with E-state index in [9.17, 15) is 13.2 Å². The lowest BCUT2D eigenvalue weighted by molar-refractivity contribution is 0.0956. The van der Waals surface area contributed by atoms with E-state index < -0.39 is 10.0 Å². The molecule has 0 unspecified atom stereocenters. The van der Waals surface area contributed by atoms with Crippen LogP contribution in [0.2, 0.25) is 0 Å². The molecule has 4 rings (SSSR count). The Morgan fingerprint density at radius 3 is 2.69 bits per heavy atom. The fraction of sp³-hybridized carbons (Fsp3) is 0.435. The smallest absolute Gasteiger partial charge is 0.251 e. The van der Waals surface area contributed by atoms with Crippen LogP contribution in [0.1, 0.15) is 59.6 Å². The Morgan fingerprint density at radius 2 is 1.94 bits per heavy atom. The molecule has 172 valence electrons. The van der Waals surface area contributed by atoms with Gasteiger partial charge in [-0.2, -0.15) is 0 Å². The Hall–Kier alpha value is -2.62. The number of sulfonamides is 1. The predicted molar refractivity (Wildman–Crippen MR) is 121 cm³/mol. The molecule has 0 spiro atoms. The number of benzene rings is 2. The van der Waals surface area contributed by atoms with Crippen LogP contribution < -0.4 is 25.2 Å². The van der Waals surface area contributed by atoms with Crippen LogP contribution in [-0.4, -0.2) is 39.5 Å². The third kappa shape index (κ3) is 5.40. The zero-order valence-corrected chi connectivity index (χ0v) is 18.9. The first-order valence-electron chi connectivity index (χ1n) is 10.8. The number of nitrogens with two attached hydrogens (primary N) is 1. The fourth-order valence-electron chi connectivity index (χ4n) is 4.49. The van der Waals surface area contributed by atoms with Gasteiger partial charge in [-0.1, -0.05) is 24.3 Å². The molecule has 1 saturated carbocycles. The maximum atomic E-state index is 12.2. The predicted octanol–water partition coefficient (Wildman–Crippen LogP) is 2.42. The van der Waals surface area contributed by atoms with Crippen molar-refractivity contribution in [2.45, 2.75) is 44.2 Å². The average molecular weight is 460 g/mol. The summed E-state index contributed by atoms with van der Waals surface area (Å²) >= 11 is 0. The van der Waals surface area contributed by atoms with Gasteiger partial charge in [0, 0.05) is 29.8 Å². The van der Waals surface area contributed by atoms with Gasteiger partial charge in [0.15, 0.2) is 11.5 Å². The Bertz CT molecular complexity index is 1070. The van der Waals surface area contributed by atoms with Gasteiger partial charge < -0.3 is 20.1 Å². The highest BCUT2D eigenvalue weighted by molar-refractivity contribution is 7.89. The van der Waals surface area contributed by atoms with Crippen molar-refractivity contribution in [3.05, 3.63) is 59.2 Å². The summed E-state index contributed by atoms with van der Waals surface area (Å²) in [5.74, 6) is 1.48. The number of nitrogens with one attached hydrogen (secondary N) is 2. The molecule has 3 atom stereocenters. The third-order valence-corrected chi connectivity index (χ3v) is 6.90. The van der Waals surface area contributed by atoms with Gasteiger partial charge in [0.05, 0.1) is 5.75 Å². The fourth-order valence-corrected chi connectivity index (χ4v) is 4.87. The van der Waals surface area contributed by atoms with Crippen LogP contribution in [0.25, 0.3) is 0 Å². The van der Waals surface area contributed by atoms with Gasteiger partial charge in [-0.15, -0.1) is 0 Å². The van der Waals surface area contributed by atoms with Crippen molar-refractivity contribution in [2.24, 2.45) is 5.14 Å². The van der Waals surface area contributed by atoms with Crippen molar-refractivity contribution in [3.8, 4) is 11.5 Å². The average Bonchev–Trinajstić information content (AvgIpc) is 3.42. The molecule has 0 aromatic heterocycles. The van der Waals surface area contributed by atoms with Crippen molar-refractivity contribution < 1.29 is 22.7 Å². The van der Waals surface area contributed by atoms with E-state index in [0.717, 1.165) is 36.3 Å². The molecule has 1 amide bonds. The van der Waals surface area contributed by atoms with Crippen LogP contribution in [0.5, 0.6) is 11.5 Å². The Morgan fingerprint density at radius 1 is 1.16 bits per heavy atom. The largest absolute Gasteiger partial charge is 0.454 e. The lowest BCUT2D eigenvalue weighted by Crippen LogP contribution is -2.31. The van der Waals surface area contributed by atoms with Gasteiger partial charge in [-0.05, 0) is 55.9 Å². The van der Waals surface area contributed by atoms with E-state index in [2.05, 4.69) is 23.6 Å². The number of ether oxygens (including phenoxy) is 2. The molecule has 1 aliphatic carbocycles. The highest BCUT2D eigenvalue weighted by Crippen LogP contribution is 2.40. The van der Waals surface area contributed by atoms with Crippen LogP contribution in [0, 0.1) is 0 Å². The molecule has 4 N–H and O–H groups in total. The number of primary sulfonamides is 1. The van der Waals surface area contributed by atoms with Crippen molar-refractivity contribution in [3.63, 3.8) is 0 Å². The zero-order chi connectivity index (χ0) is 22.7. The summed E-state index contributed by atoms with van der Waals surface area (Å²) in [6.45, 7) is 2.41. The molecule has 0 saturated heterocycles. The van der Waals surface area contributed by atoms with Gasteiger partial charge in [0.1, 0.15) is 0 Å². The second-order valence-corrected chi connectivity index (χ2v) is 10.2. The van der Waals surface area contributed by atoms with Crippen LogP contribution in [0.4, 0.5) is 0 Å². The van der Waals surface area contributed by atoms with E-state index >= 15 is 0 Å². The standard InChI is InChI=1S/C23H29N3O5S/c1-15(20-3-2-4-21-22(20)31-14-30-21)26-19-10-9-18(13-19)16-5-7-17(8-6-16)23(27)25-11-12-32(24,28)29/h2-8,15,18-19,26H,9-14H2,1H3,(H,25,27)(H2,24,28,29)/t15-,18-,19+/m1/s1. The number of hydrogen-bond acceptors (Lipinski definition) is 6. The first-order valence-corrected chi connectivity index (χ1v) is 12.5. The maximum absolute atomic E-state index is 12.2. The minimum atomic E-state index is -3.59. The lowest BCUT2D eigenvalue weighted by atomic mass is 9.96. The number of fused-ring (bicyclic) bond motifs is 1. The van der Waals surface area contributed by atoms with Crippen molar-refractivity contribution >= 4 is 15.9 Å². The van der Waals surface area contributed by atoms with Gasteiger partial charge in [0.2, 0.25) is 16.8 Å². The molecule has 1 aliphatic heterocycles. The Kier molecular flexibility index (Phi) is 6.68. The number of para-hydroxylation sites is 1. The van der Waals surface area contributed by atoms with E-state index in [4.69, 9.17) is 14.6 Å². The quantitative estimate of drug-likeness (QED) is 0.558. The molecule has 0 radical (unpaired) electrons. The summed E-state index contributed by atoms with van der Waals surface area (Å²) in [6.07, 6.45) is 3.19. The van der Waals surface area contributed by atoms with Crippen LogP contribution >= 0.6 is 0 Å². The second kappa shape index (κ2) is 9.48. The van der Waals surface area contributed by atoms with Crippen LogP contribution in [0.3, 0.4) is 0 Å². The number of hydrogen-bond donors (Lipinski definition) is 3. The second-order valence-electron chi connectivity index (χ2n) is 8.42. The van der Waals surface area contributed by atoms with E-state index in [0.29, 0.717) is 17.5 Å². The van der Waals surface area contributed by atoms with Gasteiger partial charge >= 0.3 is 0 Å². The lowest BCUT2D eigenvalue weighted by Gasteiger charge is -2.21. The number of carbonyl (C=O) groups is 1. The van der Waals surface area contributed by atoms with Crippen molar-refractivity contribution in [1.82, 2.24) is 10.6 Å². The van der Waals surface area contributed by atoms with E-state index in [1.165, 1.54) is 5.56 Å². The number of rotatable bonds is 8. The first-order chi connectivity index (χ1) is 15.3. The number of amides is 1. The molecule has 0 bridgehead atoms. The van der Waals surface area contributed by atoms with Gasteiger partial charge in [-0.25, -0.2) is 13.6 Å². The van der Waals surface area contributed by atoms with E-state index in [-0.39, 0.29) is 31.0 Å². The highest BCUT2D eigenvalue weighted by atomic mass is 32.2. The summed E-state index contributed by atoms with van der Waals surface area (Å²) in [5.41, 5.74) is 2.83. The van der Waals surface area contributed by atoms with Gasteiger partial charge in [0.25, 0.3) is 5.91 Å². The SMILES string of the molecule is C[C@@H](N[C@H]1CC[C@@H](c2ccc(C(=O)NCCS(N)(=O)=O)cc2)C1)c1cccc2c1OCO2. The summed E-state index contributed by atoms with van der Waals surface area (Å²) in [4.78, 5) is 12.2. The molecule has 32 heavy (non-hydrogen) atoms. The summed E-state index contributed by atoms with van der Waals surface area (Å²) in [6, 6.07) is 14.1. The molecule has 9 heteroatoms. The molecule has 2 aromatic rings. The summed E-state index contributed by atoms with van der Waals surface area (Å²) < 4.78 is 33.1. The minimum absolute atomic E-state index is 0.00460. The summed E-state index contributed by atoms with van der Waals surface area (Å²) in [5, 5.41) is 11.3. The van der Waals surface area contributed by atoms with Gasteiger partial charge in [-0.3, -0.25) is 4.79 Å². The Labute approximate surface area is 188 Å². The molecule has 1 fully saturated rings. The monoisotopic (exact) mass is 459 g/mol. The highest BCUT2D eigenvalue weighted by Gasteiger charge is 2.29. The minimum Gasteiger partial charge on any atom is -0.454 e. The Balaban J connectivity index is 1.31. The molecular formula is C23H29N3O5S. The molecule has 8 nitrogen and oxygen atoms in total. The zero-order valence-electron chi connectivity index (χ0n) is 18.0. The maximum Gasteiger partial charge on any atom is 0.251 e. The first kappa shape index (κ1) is 22.6. The molecule has 1 heterocycles. The van der Waals surface area contributed by atoms with E-state index in [1.807, 2.05) is 24.3 Å². The topological polar surface area (TPSA) is 120 Å². The molecular weight excluding hydrogens is 430 g/mol. The van der Waals surface area contributed by atoms with Crippen LogP contribution in [0.15, 0.2) is 42.5 Å². The third-order valence-electron chi connectivity index (χ3n) is 6.13. The molecule has 2 aliphatic rings. The molecule has 2 aromatic carbocycles. The van der Waals surface area contributed by atoms with E-state index in [1.54, 1.807) is 12.1 Å². The summed E-state index contributed by atoms with van der Waals surface area (Å²) in [7, 11) is -3.59.